The molecule has 0 aliphatic carbocycles. The number of rotatable bonds is 9. The van der Waals surface area contributed by atoms with Crippen LogP contribution in [0.1, 0.15) is 38.1 Å². The highest BCUT2D eigenvalue weighted by Gasteiger charge is 2.14. The van der Waals surface area contributed by atoms with Gasteiger partial charge in [-0.15, -0.1) is 10.2 Å². The zero-order valence-corrected chi connectivity index (χ0v) is 17.7. The minimum absolute atomic E-state index is 0.598. The van der Waals surface area contributed by atoms with Gasteiger partial charge in [0.2, 0.25) is 0 Å². The summed E-state index contributed by atoms with van der Waals surface area (Å²) in [7, 11) is 2.06. The molecule has 0 spiro atoms. The van der Waals surface area contributed by atoms with Gasteiger partial charge >= 0.3 is 0 Å². The number of hydrogen-bond donors (Lipinski definition) is 1. The lowest BCUT2D eigenvalue weighted by atomic mass is 10.2. The predicted octanol–water partition coefficient (Wildman–Crippen LogP) is 2.49. The molecule has 158 valence electrons. The molecule has 0 atom stereocenters. The van der Waals surface area contributed by atoms with Crippen molar-refractivity contribution in [3.05, 3.63) is 35.9 Å². The molecule has 0 radical (unpaired) electrons. The van der Waals surface area contributed by atoms with E-state index in [2.05, 4.69) is 58.0 Å². The Bertz CT molecular complexity index is 804. The normalized spacial score (nSPS) is 13.4. The molecule has 0 bridgehead atoms. The summed E-state index contributed by atoms with van der Waals surface area (Å²) in [6.07, 6.45) is 4.87. The second-order valence-corrected chi connectivity index (χ2v) is 7.11. The van der Waals surface area contributed by atoms with Crippen molar-refractivity contribution in [2.24, 2.45) is 4.99 Å². The van der Waals surface area contributed by atoms with Crippen LogP contribution in [0.4, 0.5) is 0 Å². The Morgan fingerprint density at radius 3 is 2.86 bits per heavy atom. The maximum atomic E-state index is 5.71. The van der Waals surface area contributed by atoms with E-state index in [0.717, 1.165) is 74.3 Å². The van der Waals surface area contributed by atoms with Crippen LogP contribution in [0.5, 0.6) is 11.5 Å². The van der Waals surface area contributed by atoms with Crippen LogP contribution in [0.3, 0.4) is 0 Å². The molecule has 0 amide bonds. The number of benzene rings is 1. The second-order valence-electron chi connectivity index (χ2n) is 7.11. The third kappa shape index (κ3) is 5.85. The van der Waals surface area contributed by atoms with Crippen LogP contribution in [0.2, 0.25) is 0 Å². The highest BCUT2D eigenvalue weighted by Crippen LogP contribution is 2.31. The summed E-state index contributed by atoms with van der Waals surface area (Å²) in [5.41, 5.74) is 1.16. The lowest BCUT2D eigenvalue weighted by molar-refractivity contribution is 0.171. The molecule has 29 heavy (non-hydrogen) atoms. The Kier molecular flexibility index (Phi) is 7.72. The molecule has 1 aliphatic heterocycles. The summed E-state index contributed by atoms with van der Waals surface area (Å²) in [6.45, 7) is 8.60. The number of ether oxygens (including phenoxy) is 2. The number of nitrogens with one attached hydrogen (secondary N) is 1. The third-order valence-corrected chi connectivity index (χ3v) is 4.81. The molecule has 8 heteroatoms. The first kappa shape index (κ1) is 21.0. The molecule has 1 aromatic carbocycles. The standard InChI is InChI=1S/C21H32N6O2/c1-4-6-9-22-21(23-10-11-27-16-24-25-20(27)5-2)26(3)15-17-7-8-18-19(14-17)29-13-12-28-18/h7-8,14,16H,4-6,9-13,15H2,1-3H3,(H,22,23). The van der Waals surface area contributed by atoms with Gasteiger partial charge in [0.05, 0.1) is 0 Å². The number of aryl methyl sites for hydroxylation is 1. The van der Waals surface area contributed by atoms with Gasteiger partial charge in [-0.05, 0) is 24.1 Å². The molecule has 2 aromatic rings. The Hall–Kier alpha value is -2.77. The zero-order chi connectivity index (χ0) is 20.5. The van der Waals surface area contributed by atoms with Crippen LogP contribution in [0.15, 0.2) is 29.5 Å². The number of aromatic nitrogens is 3. The Balaban J connectivity index is 1.61. The van der Waals surface area contributed by atoms with Gasteiger partial charge in [-0.1, -0.05) is 26.3 Å². The molecule has 1 aromatic heterocycles. The lowest BCUT2D eigenvalue weighted by Crippen LogP contribution is -2.40. The molecule has 1 aliphatic rings. The SMILES string of the molecule is CCCCN=C(NCCn1cnnc1CC)N(C)Cc1ccc2c(c1)OCCO2. The summed E-state index contributed by atoms with van der Waals surface area (Å²) >= 11 is 0. The summed E-state index contributed by atoms with van der Waals surface area (Å²) in [5.74, 6) is 3.54. The van der Waals surface area contributed by atoms with Gasteiger partial charge in [-0.2, -0.15) is 0 Å². The van der Waals surface area contributed by atoms with Crippen LogP contribution in [0, 0.1) is 0 Å². The smallest absolute Gasteiger partial charge is 0.194 e. The van der Waals surface area contributed by atoms with Crippen LogP contribution in [-0.4, -0.2) is 59.0 Å². The van der Waals surface area contributed by atoms with Crippen molar-refractivity contribution in [3.8, 4) is 11.5 Å². The summed E-state index contributed by atoms with van der Waals surface area (Å²) in [6, 6.07) is 6.12. The zero-order valence-electron chi connectivity index (χ0n) is 17.7. The molecular weight excluding hydrogens is 368 g/mol. The molecule has 0 fully saturated rings. The maximum absolute atomic E-state index is 5.71. The topological polar surface area (TPSA) is 76.8 Å². The van der Waals surface area contributed by atoms with Crippen LogP contribution in [0.25, 0.3) is 0 Å². The first-order valence-electron chi connectivity index (χ1n) is 10.5. The van der Waals surface area contributed by atoms with E-state index in [1.54, 1.807) is 6.33 Å². The molecule has 0 saturated carbocycles. The number of fused-ring (bicyclic) bond motifs is 1. The van der Waals surface area contributed by atoms with Gasteiger partial charge in [-0.25, -0.2) is 0 Å². The minimum atomic E-state index is 0.598. The monoisotopic (exact) mass is 400 g/mol. The second kappa shape index (κ2) is 10.7. The molecule has 8 nitrogen and oxygen atoms in total. The van der Waals surface area contributed by atoms with Gasteiger partial charge in [0, 0.05) is 39.6 Å². The number of hydrogen-bond acceptors (Lipinski definition) is 5. The van der Waals surface area contributed by atoms with Crippen molar-refractivity contribution in [3.63, 3.8) is 0 Å². The summed E-state index contributed by atoms with van der Waals surface area (Å²) < 4.78 is 13.4. The summed E-state index contributed by atoms with van der Waals surface area (Å²) in [5, 5.41) is 11.6. The predicted molar refractivity (Wildman–Crippen MR) is 114 cm³/mol. The number of unbranched alkanes of at least 4 members (excludes halogenated alkanes) is 1. The minimum Gasteiger partial charge on any atom is -0.486 e. The molecule has 1 N–H and O–H groups in total. The largest absolute Gasteiger partial charge is 0.486 e. The van der Waals surface area contributed by atoms with Crippen molar-refractivity contribution >= 4 is 5.96 Å². The van der Waals surface area contributed by atoms with E-state index in [-0.39, 0.29) is 0 Å². The quantitative estimate of drug-likeness (QED) is 0.396. The van der Waals surface area contributed by atoms with Crippen molar-refractivity contribution in [2.45, 2.75) is 46.2 Å². The van der Waals surface area contributed by atoms with E-state index in [1.807, 2.05) is 6.07 Å². The fourth-order valence-electron chi connectivity index (χ4n) is 3.22. The first-order chi connectivity index (χ1) is 14.2. The van der Waals surface area contributed by atoms with Gasteiger partial charge in [0.1, 0.15) is 25.4 Å². The highest BCUT2D eigenvalue weighted by atomic mass is 16.6. The molecular formula is C21H32N6O2. The van der Waals surface area contributed by atoms with E-state index in [4.69, 9.17) is 14.5 Å². The average molecular weight is 401 g/mol. The van der Waals surface area contributed by atoms with E-state index in [9.17, 15) is 0 Å². The van der Waals surface area contributed by atoms with Crippen LogP contribution in [-0.2, 0) is 19.5 Å². The first-order valence-corrected chi connectivity index (χ1v) is 10.5. The van der Waals surface area contributed by atoms with Crippen LogP contribution < -0.4 is 14.8 Å². The van der Waals surface area contributed by atoms with Crippen molar-refractivity contribution in [2.75, 3.05) is 33.4 Å². The maximum Gasteiger partial charge on any atom is 0.194 e. The van der Waals surface area contributed by atoms with E-state index >= 15 is 0 Å². The van der Waals surface area contributed by atoms with Gasteiger partial charge < -0.3 is 24.3 Å². The third-order valence-electron chi connectivity index (χ3n) is 4.81. The Morgan fingerprint density at radius 2 is 2.07 bits per heavy atom. The summed E-state index contributed by atoms with van der Waals surface area (Å²) in [4.78, 5) is 6.94. The fraction of sp³-hybridized carbons (Fsp3) is 0.571. The van der Waals surface area contributed by atoms with Gasteiger partial charge in [-0.3, -0.25) is 4.99 Å². The van der Waals surface area contributed by atoms with Crippen molar-refractivity contribution in [1.29, 1.82) is 0 Å². The molecule has 0 unspecified atom stereocenters. The molecule has 3 rings (SSSR count). The molecule has 0 saturated heterocycles. The van der Waals surface area contributed by atoms with Gasteiger partial charge in [0.15, 0.2) is 17.5 Å². The van der Waals surface area contributed by atoms with Crippen molar-refractivity contribution < 1.29 is 9.47 Å². The number of nitrogens with zero attached hydrogens (tertiary/aromatic N) is 5. The van der Waals surface area contributed by atoms with Gasteiger partial charge in [0.25, 0.3) is 0 Å². The fourth-order valence-corrected chi connectivity index (χ4v) is 3.22. The van der Waals surface area contributed by atoms with Crippen molar-refractivity contribution in [1.82, 2.24) is 25.0 Å². The van der Waals surface area contributed by atoms with E-state index < -0.39 is 0 Å². The Labute approximate surface area is 172 Å². The van der Waals surface area contributed by atoms with E-state index in [0.29, 0.717) is 13.2 Å². The Morgan fingerprint density at radius 1 is 1.24 bits per heavy atom. The van der Waals surface area contributed by atoms with E-state index in [1.165, 1.54) is 0 Å². The number of guanidine groups is 1. The average Bonchev–Trinajstić information content (AvgIpc) is 3.20. The highest BCUT2D eigenvalue weighted by molar-refractivity contribution is 5.79. The molecule has 2 heterocycles. The number of aliphatic imine (C=N–C) groups is 1. The lowest BCUT2D eigenvalue weighted by Gasteiger charge is -2.24. The van der Waals surface area contributed by atoms with Crippen LogP contribution >= 0.6 is 0 Å².